The van der Waals surface area contributed by atoms with E-state index in [4.69, 9.17) is 0 Å². The van der Waals surface area contributed by atoms with E-state index >= 15 is 0 Å². The monoisotopic (exact) mass is 275 g/mol. The highest BCUT2D eigenvalue weighted by Gasteiger charge is 2.09. The van der Waals surface area contributed by atoms with Gasteiger partial charge < -0.3 is 4.55 Å². The first kappa shape index (κ1) is 14.5. The van der Waals surface area contributed by atoms with Crippen molar-refractivity contribution < 1.29 is 16.6 Å². The molecule has 1 unspecified atom stereocenters. The van der Waals surface area contributed by atoms with Gasteiger partial charge in [0.25, 0.3) is 0 Å². The van der Waals surface area contributed by atoms with Crippen LogP contribution in [-0.4, -0.2) is 18.7 Å². The molecule has 0 aromatic heterocycles. The third kappa shape index (κ3) is 6.07. The fraction of sp³-hybridized carbons (Fsp3) is 0.455. The lowest BCUT2D eigenvalue weighted by molar-refractivity contribution is 0.391. The standard InChI is InChI=1S/C11H16O4S2/c1-2-10(11-6-4-3-5-7-11)8-9-16-15-17(12,13)14/h3-7,10H,2,8-9H2,1H3,(H,12,13,14)/p-1. The lowest BCUT2D eigenvalue weighted by Gasteiger charge is -2.14. The average Bonchev–Trinajstić information content (AvgIpc) is 2.29. The summed E-state index contributed by atoms with van der Waals surface area (Å²) in [6.07, 6.45) is 1.75. The molecule has 0 saturated carbocycles. The molecule has 0 aliphatic carbocycles. The molecule has 0 saturated heterocycles. The molecule has 1 rings (SSSR count). The van der Waals surface area contributed by atoms with Crippen LogP contribution in [0, 0.1) is 0 Å². The second kappa shape index (κ2) is 7.00. The summed E-state index contributed by atoms with van der Waals surface area (Å²) in [4.78, 5) is 0. The zero-order chi connectivity index (χ0) is 12.7. The minimum atomic E-state index is -4.58. The van der Waals surface area contributed by atoms with Gasteiger partial charge in [0.15, 0.2) is 0 Å². The average molecular weight is 275 g/mol. The minimum Gasteiger partial charge on any atom is -0.725 e. The van der Waals surface area contributed by atoms with Gasteiger partial charge in [-0.25, -0.2) is 12.0 Å². The Morgan fingerprint density at radius 3 is 2.53 bits per heavy atom. The van der Waals surface area contributed by atoms with Crippen LogP contribution in [0.1, 0.15) is 31.2 Å². The summed E-state index contributed by atoms with van der Waals surface area (Å²) in [6, 6.07) is 10.00. The molecule has 0 fully saturated rings. The Morgan fingerprint density at radius 2 is 2.00 bits per heavy atom. The lowest BCUT2D eigenvalue weighted by atomic mass is 9.94. The quantitative estimate of drug-likeness (QED) is 0.331. The van der Waals surface area contributed by atoms with Gasteiger partial charge in [0.2, 0.25) is 10.4 Å². The fourth-order valence-corrected chi connectivity index (χ4v) is 2.74. The smallest absolute Gasteiger partial charge is 0.228 e. The number of hydrogen-bond acceptors (Lipinski definition) is 5. The van der Waals surface area contributed by atoms with Gasteiger partial charge in [0.1, 0.15) is 0 Å². The van der Waals surface area contributed by atoms with Crippen LogP contribution in [-0.2, 0) is 14.0 Å². The van der Waals surface area contributed by atoms with E-state index in [0.29, 0.717) is 23.7 Å². The second-order valence-corrected chi connectivity index (χ2v) is 5.61. The van der Waals surface area contributed by atoms with E-state index in [1.165, 1.54) is 5.56 Å². The van der Waals surface area contributed by atoms with Gasteiger partial charge in [-0.1, -0.05) is 37.3 Å². The van der Waals surface area contributed by atoms with E-state index in [1.54, 1.807) is 0 Å². The minimum absolute atomic E-state index is 0.363. The van der Waals surface area contributed by atoms with Crippen molar-refractivity contribution in [3.8, 4) is 0 Å². The molecule has 96 valence electrons. The van der Waals surface area contributed by atoms with E-state index < -0.39 is 10.4 Å². The Kier molecular flexibility index (Phi) is 5.97. The van der Waals surface area contributed by atoms with Crippen LogP contribution in [0.25, 0.3) is 0 Å². The van der Waals surface area contributed by atoms with Crippen LogP contribution < -0.4 is 0 Å². The van der Waals surface area contributed by atoms with Crippen molar-refractivity contribution in [2.45, 2.75) is 25.7 Å². The summed E-state index contributed by atoms with van der Waals surface area (Å²) >= 11 is 0.698. The van der Waals surface area contributed by atoms with Crippen molar-refractivity contribution in [3.63, 3.8) is 0 Å². The number of rotatable bonds is 7. The van der Waals surface area contributed by atoms with Crippen LogP contribution in [0.15, 0.2) is 30.3 Å². The Hall–Kier alpha value is -0.560. The van der Waals surface area contributed by atoms with E-state index in [-0.39, 0.29) is 0 Å². The summed E-state index contributed by atoms with van der Waals surface area (Å²) in [5.41, 5.74) is 1.22. The Labute approximate surface area is 107 Å². The fourth-order valence-electron chi connectivity index (χ4n) is 1.62. The first-order valence-electron chi connectivity index (χ1n) is 5.34. The third-order valence-electron chi connectivity index (χ3n) is 2.44. The van der Waals surface area contributed by atoms with Gasteiger partial charge in [-0.05, 0) is 24.3 Å². The first-order valence-corrected chi connectivity index (χ1v) is 7.59. The second-order valence-electron chi connectivity index (χ2n) is 3.60. The molecular formula is C11H15O4S2-. The van der Waals surface area contributed by atoms with Crippen molar-refractivity contribution in [1.29, 1.82) is 0 Å². The van der Waals surface area contributed by atoms with E-state index in [0.717, 1.165) is 12.8 Å². The van der Waals surface area contributed by atoms with Gasteiger partial charge in [-0.2, -0.15) is 0 Å². The van der Waals surface area contributed by atoms with Gasteiger partial charge in [0.05, 0.1) is 0 Å². The van der Waals surface area contributed by atoms with Gasteiger partial charge in [0, 0.05) is 17.8 Å². The summed E-state index contributed by atoms with van der Waals surface area (Å²) in [5, 5.41) is 0. The SMILES string of the molecule is CCC(CCSOS(=O)(=O)[O-])c1ccccc1. The molecule has 0 amide bonds. The third-order valence-corrected chi connectivity index (χ3v) is 3.90. The van der Waals surface area contributed by atoms with Gasteiger partial charge in [-0.15, -0.1) is 0 Å². The van der Waals surface area contributed by atoms with E-state index in [2.05, 4.69) is 10.6 Å². The van der Waals surface area contributed by atoms with Crippen LogP contribution in [0.3, 0.4) is 0 Å². The molecule has 0 aliphatic heterocycles. The maximum atomic E-state index is 10.2. The van der Waals surface area contributed by atoms with Crippen molar-refractivity contribution in [1.82, 2.24) is 0 Å². The topological polar surface area (TPSA) is 66.4 Å². The molecule has 0 spiro atoms. The molecule has 0 aliphatic rings. The van der Waals surface area contributed by atoms with E-state index in [1.807, 2.05) is 30.3 Å². The highest BCUT2D eigenvalue weighted by Crippen LogP contribution is 2.25. The van der Waals surface area contributed by atoms with Gasteiger partial charge in [-0.3, -0.25) is 0 Å². The Balaban J connectivity index is 2.39. The van der Waals surface area contributed by atoms with Crippen molar-refractivity contribution >= 4 is 22.4 Å². The van der Waals surface area contributed by atoms with Crippen molar-refractivity contribution in [2.24, 2.45) is 0 Å². The Bertz CT molecular complexity index is 416. The molecule has 0 N–H and O–H groups in total. The number of hydrogen-bond donors (Lipinski definition) is 0. The molecule has 0 radical (unpaired) electrons. The number of benzene rings is 1. The Morgan fingerprint density at radius 1 is 1.35 bits per heavy atom. The molecular weight excluding hydrogens is 260 g/mol. The summed E-state index contributed by atoms with van der Waals surface area (Å²) < 4.78 is 34.7. The highest BCUT2D eigenvalue weighted by molar-refractivity contribution is 8.02. The first-order chi connectivity index (χ1) is 8.03. The van der Waals surface area contributed by atoms with Crippen molar-refractivity contribution in [3.05, 3.63) is 35.9 Å². The molecule has 1 atom stereocenters. The summed E-state index contributed by atoms with van der Waals surface area (Å²) in [6.45, 7) is 2.08. The van der Waals surface area contributed by atoms with Crippen LogP contribution >= 0.6 is 12.0 Å². The normalized spacial score (nSPS) is 13.5. The molecule has 1 aromatic carbocycles. The maximum absolute atomic E-state index is 10.2. The molecule has 1 aromatic rings. The van der Waals surface area contributed by atoms with Crippen molar-refractivity contribution in [2.75, 3.05) is 5.75 Å². The molecule has 0 heterocycles. The lowest BCUT2D eigenvalue weighted by Crippen LogP contribution is -2.02. The summed E-state index contributed by atoms with van der Waals surface area (Å²) in [5.74, 6) is 0.844. The largest absolute Gasteiger partial charge is 0.725 e. The van der Waals surface area contributed by atoms with Crippen LogP contribution in [0.2, 0.25) is 0 Å². The molecule has 17 heavy (non-hydrogen) atoms. The predicted molar refractivity (Wildman–Crippen MR) is 67.3 cm³/mol. The van der Waals surface area contributed by atoms with Crippen LogP contribution in [0.5, 0.6) is 0 Å². The van der Waals surface area contributed by atoms with Gasteiger partial charge >= 0.3 is 0 Å². The zero-order valence-electron chi connectivity index (χ0n) is 9.53. The molecule has 4 nitrogen and oxygen atoms in total. The van der Waals surface area contributed by atoms with Crippen LogP contribution in [0.4, 0.5) is 0 Å². The summed E-state index contributed by atoms with van der Waals surface area (Å²) in [7, 11) is -4.58. The van der Waals surface area contributed by atoms with E-state index in [9.17, 15) is 13.0 Å². The maximum Gasteiger partial charge on any atom is 0.228 e. The highest BCUT2D eigenvalue weighted by atomic mass is 32.3. The zero-order valence-corrected chi connectivity index (χ0v) is 11.2. The molecule has 0 bridgehead atoms. The molecule has 6 heteroatoms. The predicted octanol–water partition coefficient (Wildman–Crippen LogP) is 2.70.